The predicted molar refractivity (Wildman–Crippen MR) is 128 cm³/mol. The summed E-state index contributed by atoms with van der Waals surface area (Å²) in [5, 5.41) is 7.71. The molecule has 166 valence electrons. The third kappa shape index (κ3) is 4.43. The molecule has 7 heteroatoms. The number of rotatable bonds is 5. The maximum absolute atomic E-state index is 13.3. The van der Waals surface area contributed by atoms with Crippen LogP contribution in [0.15, 0.2) is 79.0 Å². The van der Waals surface area contributed by atoms with E-state index < -0.39 is 0 Å². The Bertz CT molecular complexity index is 1230. The molecule has 2 amide bonds. The average Bonchev–Trinajstić information content (AvgIpc) is 3.32. The molecule has 2 aromatic heterocycles. The fourth-order valence-corrected chi connectivity index (χ4v) is 4.13. The van der Waals surface area contributed by atoms with Crippen LogP contribution < -0.4 is 10.3 Å². The summed E-state index contributed by atoms with van der Waals surface area (Å²) in [5.41, 5.74) is 3.79. The van der Waals surface area contributed by atoms with Gasteiger partial charge in [-0.15, -0.1) is 0 Å². The van der Waals surface area contributed by atoms with Crippen LogP contribution in [0, 0.1) is 0 Å². The number of aromatic amines is 1. The number of para-hydroxylation sites is 1. The number of nitrogens with zero attached hydrogens (tertiary/aromatic N) is 3. The first-order valence-corrected chi connectivity index (χ1v) is 11.1. The molecular formula is C26H25N5O2. The zero-order valence-electron chi connectivity index (χ0n) is 18.2. The van der Waals surface area contributed by atoms with Crippen molar-refractivity contribution in [2.75, 3.05) is 18.1 Å². The van der Waals surface area contributed by atoms with Crippen LogP contribution in [0.4, 0.5) is 5.69 Å². The normalized spacial score (nSPS) is 13.8. The third-order valence-electron chi connectivity index (χ3n) is 5.86. The fourth-order valence-electron chi connectivity index (χ4n) is 4.13. The first-order valence-electron chi connectivity index (χ1n) is 11.1. The monoisotopic (exact) mass is 439 g/mol. The summed E-state index contributed by atoms with van der Waals surface area (Å²) >= 11 is 0. The van der Waals surface area contributed by atoms with Gasteiger partial charge in [0.2, 0.25) is 0 Å². The van der Waals surface area contributed by atoms with Crippen LogP contribution in [-0.2, 0) is 6.54 Å². The lowest BCUT2D eigenvalue weighted by molar-refractivity contribution is 0.0698. The molecule has 1 aliphatic heterocycles. The largest absolute Gasteiger partial charge is 0.350 e. The highest BCUT2D eigenvalue weighted by molar-refractivity contribution is 5.99. The maximum Gasteiger partial charge on any atom is 0.288 e. The van der Waals surface area contributed by atoms with Crippen LogP contribution >= 0.6 is 0 Å². The maximum atomic E-state index is 13.3. The van der Waals surface area contributed by atoms with Crippen molar-refractivity contribution in [1.82, 2.24) is 20.3 Å². The SMILES string of the molecule is O=C(NCc1ccccn1)c1ccc(N2CCCCN2C(=O)c2cc3ccccc3[nH]2)cc1. The number of anilines is 1. The van der Waals surface area contributed by atoms with Crippen molar-refractivity contribution in [3.63, 3.8) is 0 Å². The summed E-state index contributed by atoms with van der Waals surface area (Å²) in [6.07, 6.45) is 3.66. The number of hydrogen-bond donors (Lipinski definition) is 2. The minimum Gasteiger partial charge on any atom is -0.350 e. The van der Waals surface area contributed by atoms with Gasteiger partial charge in [0.15, 0.2) is 0 Å². The number of carbonyl (C=O) groups excluding carboxylic acids is 2. The quantitative estimate of drug-likeness (QED) is 0.490. The summed E-state index contributed by atoms with van der Waals surface area (Å²) in [4.78, 5) is 33.3. The Morgan fingerprint density at radius 1 is 0.939 bits per heavy atom. The van der Waals surface area contributed by atoms with Gasteiger partial charge in [0.25, 0.3) is 11.8 Å². The van der Waals surface area contributed by atoms with E-state index >= 15 is 0 Å². The molecular weight excluding hydrogens is 414 g/mol. The second-order valence-electron chi connectivity index (χ2n) is 8.08. The zero-order valence-corrected chi connectivity index (χ0v) is 18.2. The first kappa shape index (κ1) is 20.8. The van der Waals surface area contributed by atoms with Crippen LogP contribution in [-0.4, -0.2) is 39.9 Å². The molecule has 7 nitrogen and oxygen atoms in total. The molecule has 33 heavy (non-hydrogen) atoms. The molecule has 1 fully saturated rings. The Hall–Kier alpha value is -4.13. The van der Waals surface area contributed by atoms with Gasteiger partial charge in [-0.3, -0.25) is 19.6 Å². The van der Waals surface area contributed by atoms with Gasteiger partial charge < -0.3 is 10.3 Å². The number of amides is 2. The molecule has 1 aliphatic rings. The van der Waals surface area contributed by atoms with E-state index in [2.05, 4.69) is 15.3 Å². The van der Waals surface area contributed by atoms with Crippen molar-refractivity contribution in [2.45, 2.75) is 19.4 Å². The van der Waals surface area contributed by atoms with Crippen molar-refractivity contribution < 1.29 is 9.59 Å². The van der Waals surface area contributed by atoms with Crippen molar-refractivity contribution in [3.05, 3.63) is 95.9 Å². The number of H-pyrrole nitrogens is 1. The fraction of sp³-hybridized carbons (Fsp3) is 0.192. The molecule has 0 unspecified atom stereocenters. The van der Waals surface area contributed by atoms with E-state index in [0.717, 1.165) is 41.7 Å². The van der Waals surface area contributed by atoms with Gasteiger partial charge >= 0.3 is 0 Å². The van der Waals surface area contributed by atoms with E-state index in [9.17, 15) is 9.59 Å². The molecule has 0 saturated carbocycles. The molecule has 2 aromatic carbocycles. The summed E-state index contributed by atoms with van der Waals surface area (Å²) in [7, 11) is 0. The summed E-state index contributed by atoms with van der Waals surface area (Å²) < 4.78 is 0. The molecule has 1 saturated heterocycles. The van der Waals surface area contributed by atoms with Crippen LogP contribution in [0.1, 0.15) is 39.4 Å². The Balaban J connectivity index is 1.30. The highest BCUT2D eigenvalue weighted by Crippen LogP contribution is 2.25. The Kier molecular flexibility index (Phi) is 5.76. The molecule has 2 N–H and O–H groups in total. The third-order valence-corrected chi connectivity index (χ3v) is 5.86. The number of pyridine rings is 1. The standard InChI is InChI=1S/C26H25N5O2/c32-25(28-18-21-8-3-4-14-27-21)19-10-12-22(13-11-19)30-15-5-6-16-31(30)26(33)24-17-20-7-1-2-9-23(20)29-24/h1-4,7-14,17,29H,5-6,15-16,18H2,(H,28,32). The van der Waals surface area contributed by atoms with Gasteiger partial charge in [0.1, 0.15) is 5.69 Å². The minimum absolute atomic E-state index is 0.0527. The molecule has 3 heterocycles. The van der Waals surface area contributed by atoms with E-state index in [-0.39, 0.29) is 11.8 Å². The summed E-state index contributed by atoms with van der Waals surface area (Å²) in [5.74, 6) is -0.208. The van der Waals surface area contributed by atoms with Crippen molar-refractivity contribution in [3.8, 4) is 0 Å². The number of aromatic nitrogens is 2. The molecule has 4 aromatic rings. The lowest BCUT2D eigenvalue weighted by atomic mass is 10.1. The molecule has 0 radical (unpaired) electrons. The van der Waals surface area contributed by atoms with Gasteiger partial charge in [-0.1, -0.05) is 24.3 Å². The van der Waals surface area contributed by atoms with Crippen LogP contribution in [0.3, 0.4) is 0 Å². The Morgan fingerprint density at radius 2 is 1.73 bits per heavy atom. The Labute approximate surface area is 192 Å². The van der Waals surface area contributed by atoms with Gasteiger partial charge in [0.05, 0.1) is 17.9 Å². The summed E-state index contributed by atoms with van der Waals surface area (Å²) in [6.45, 7) is 1.78. The average molecular weight is 440 g/mol. The highest BCUT2D eigenvalue weighted by Gasteiger charge is 2.27. The molecule has 0 spiro atoms. The van der Waals surface area contributed by atoms with Crippen LogP contribution in [0.5, 0.6) is 0 Å². The number of nitrogens with one attached hydrogen (secondary N) is 2. The highest BCUT2D eigenvalue weighted by atomic mass is 16.2. The number of hydrogen-bond acceptors (Lipinski definition) is 4. The first-order chi connectivity index (χ1) is 16.2. The second-order valence-corrected chi connectivity index (χ2v) is 8.08. The number of hydrazine groups is 1. The van der Waals surface area contributed by atoms with Crippen molar-refractivity contribution >= 4 is 28.4 Å². The van der Waals surface area contributed by atoms with Gasteiger partial charge in [-0.25, -0.2) is 5.01 Å². The number of benzene rings is 2. The summed E-state index contributed by atoms with van der Waals surface area (Å²) in [6, 6.07) is 22.8. The Morgan fingerprint density at radius 3 is 2.52 bits per heavy atom. The van der Waals surface area contributed by atoms with Gasteiger partial charge in [0, 0.05) is 35.8 Å². The van der Waals surface area contributed by atoms with Gasteiger partial charge in [-0.05, 0) is 61.4 Å². The molecule has 0 aliphatic carbocycles. The second kappa shape index (κ2) is 9.16. The van der Waals surface area contributed by atoms with Crippen molar-refractivity contribution in [1.29, 1.82) is 0 Å². The molecule has 0 bridgehead atoms. The van der Waals surface area contributed by atoms with E-state index in [4.69, 9.17) is 0 Å². The number of fused-ring (bicyclic) bond motifs is 1. The zero-order chi connectivity index (χ0) is 22.6. The van der Waals surface area contributed by atoms with Crippen LogP contribution in [0.25, 0.3) is 10.9 Å². The minimum atomic E-state index is -0.156. The topological polar surface area (TPSA) is 81.3 Å². The smallest absolute Gasteiger partial charge is 0.288 e. The van der Waals surface area contributed by atoms with E-state index in [1.165, 1.54) is 0 Å². The molecule has 0 atom stereocenters. The van der Waals surface area contributed by atoms with E-state index in [1.807, 2.05) is 65.7 Å². The lowest BCUT2D eigenvalue weighted by Crippen LogP contribution is -2.50. The van der Waals surface area contributed by atoms with Crippen molar-refractivity contribution in [2.24, 2.45) is 0 Å². The van der Waals surface area contributed by atoms with Gasteiger partial charge in [-0.2, -0.15) is 0 Å². The van der Waals surface area contributed by atoms with E-state index in [0.29, 0.717) is 24.3 Å². The number of carbonyl (C=O) groups is 2. The predicted octanol–water partition coefficient (Wildman–Crippen LogP) is 4.15. The lowest BCUT2D eigenvalue weighted by Gasteiger charge is -2.40. The van der Waals surface area contributed by atoms with E-state index in [1.54, 1.807) is 23.3 Å². The molecule has 5 rings (SSSR count). The van der Waals surface area contributed by atoms with Crippen LogP contribution in [0.2, 0.25) is 0 Å².